The van der Waals surface area contributed by atoms with Gasteiger partial charge < -0.3 is 14.6 Å². The van der Waals surface area contributed by atoms with E-state index in [9.17, 15) is 33.9 Å². The molecule has 4 rings (SSSR count). The molecular formula is C33H46O9. The molecule has 0 bridgehead atoms. The topological polar surface area (TPSA) is 141 Å². The molecule has 0 aromatic rings. The van der Waals surface area contributed by atoms with Crippen LogP contribution in [0.5, 0.6) is 0 Å². The van der Waals surface area contributed by atoms with Crippen LogP contribution in [0.15, 0.2) is 11.1 Å². The maximum atomic E-state index is 14.7. The first-order valence-electron chi connectivity index (χ1n) is 15.1. The highest BCUT2D eigenvalue weighted by atomic mass is 16.5. The molecule has 0 spiro atoms. The molecular weight excluding hydrogens is 540 g/mol. The minimum Gasteiger partial charge on any atom is -0.469 e. The molecule has 4 aliphatic carbocycles. The highest BCUT2D eigenvalue weighted by Gasteiger charge is 2.74. The lowest BCUT2D eigenvalue weighted by atomic mass is 9.42. The van der Waals surface area contributed by atoms with E-state index in [1.165, 1.54) is 14.0 Å². The molecule has 9 heteroatoms. The second-order valence-corrected chi connectivity index (χ2v) is 14.6. The van der Waals surface area contributed by atoms with Gasteiger partial charge in [0.05, 0.1) is 24.5 Å². The third kappa shape index (κ3) is 4.36. The number of hydrogen-bond donors (Lipinski definition) is 1. The summed E-state index contributed by atoms with van der Waals surface area (Å²) in [6.07, 6.45) is -0.913. The summed E-state index contributed by atoms with van der Waals surface area (Å²) >= 11 is 0. The van der Waals surface area contributed by atoms with Crippen LogP contribution in [0.2, 0.25) is 0 Å². The van der Waals surface area contributed by atoms with Crippen molar-refractivity contribution < 1.29 is 43.3 Å². The van der Waals surface area contributed by atoms with Crippen LogP contribution in [-0.2, 0) is 38.2 Å². The van der Waals surface area contributed by atoms with Crippen molar-refractivity contribution in [3.05, 3.63) is 11.1 Å². The summed E-state index contributed by atoms with van der Waals surface area (Å²) in [7, 11) is 1.27. The van der Waals surface area contributed by atoms with Crippen molar-refractivity contribution in [2.45, 2.75) is 106 Å². The summed E-state index contributed by atoms with van der Waals surface area (Å²) in [5.41, 5.74) is -3.63. The van der Waals surface area contributed by atoms with E-state index in [0.29, 0.717) is 12.8 Å². The number of ketones is 4. The average Bonchev–Trinajstić information content (AvgIpc) is 3.11. The smallest absolute Gasteiger partial charge is 0.308 e. The zero-order valence-corrected chi connectivity index (χ0v) is 26.4. The lowest BCUT2D eigenvalue weighted by Gasteiger charge is -2.61. The Morgan fingerprint density at radius 1 is 0.976 bits per heavy atom. The predicted octanol–water partition coefficient (Wildman–Crippen LogP) is 3.97. The standard InChI is InChI=1S/C33H46O9/c1-16(12-19(35)13-17(2)29(40)41-9)20-14-24(38)33(8)25-21(36)15-22-30(4,5)23(37)10-11-31(22,6)26(25)27(39)28(32(20,33)7)42-18(3)34/h16-17,20,22-23,28,37H,10-15H2,1-9H3/t16-,17-,20-,22-,23+,28-,31+,32+,33+/m1/s1. The van der Waals surface area contributed by atoms with Crippen LogP contribution in [0.25, 0.3) is 0 Å². The molecule has 9 nitrogen and oxygen atoms in total. The molecule has 0 aromatic heterocycles. The Balaban J connectivity index is 1.85. The SMILES string of the molecule is COC(=O)[C@H](C)CC(=O)C[C@@H](C)[C@H]1CC(=O)[C@@]2(C)C3=C(C(=O)[C@@H](OC(C)=O)[C@]12C)[C@@]1(C)CC[C@H](O)C(C)(C)[C@H]1CC3=O. The molecule has 2 fully saturated rings. The maximum Gasteiger partial charge on any atom is 0.308 e. The van der Waals surface area contributed by atoms with Crippen LogP contribution < -0.4 is 0 Å². The van der Waals surface area contributed by atoms with E-state index in [-0.39, 0.29) is 60.1 Å². The number of aliphatic hydroxyl groups is 1. The minimum absolute atomic E-state index is 0.0207. The zero-order valence-electron chi connectivity index (χ0n) is 26.4. The Morgan fingerprint density at radius 2 is 1.60 bits per heavy atom. The van der Waals surface area contributed by atoms with Gasteiger partial charge in [0.25, 0.3) is 0 Å². The molecule has 9 atom stereocenters. The Hall–Kier alpha value is -2.68. The molecule has 0 aliphatic heterocycles. The molecule has 0 saturated heterocycles. The Morgan fingerprint density at radius 3 is 2.17 bits per heavy atom. The molecule has 1 N–H and O–H groups in total. The summed E-state index contributed by atoms with van der Waals surface area (Å²) in [6.45, 7) is 13.9. The van der Waals surface area contributed by atoms with E-state index >= 15 is 0 Å². The first-order chi connectivity index (χ1) is 19.3. The normalized spacial score (nSPS) is 38.7. The second kappa shape index (κ2) is 10.5. The van der Waals surface area contributed by atoms with Gasteiger partial charge in [-0.25, -0.2) is 0 Å². The van der Waals surface area contributed by atoms with Crippen molar-refractivity contribution in [1.82, 2.24) is 0 Å². The third-order valence-corrected chi connectivity index (χ3v) is 12.0. The fourth-order valence-electron chi connectivity index (χ4n) is 9.37. The molecule has 0 radical (unpaired) electrons. The van der Waals surface area contributed by atoms with Crippen LogP contribution in [0, 0.1) is 45.3 Å². The van der Waals surface area contributed by atoms with Gasteiger partial charge in [-0.1, -0.05) is 41.5 Å². The van der Waals surface area contributed by atoms with Gasteiger partial charge >= 0.3 is 11.9 Å². The van der Waals surface area contributed by atoms with E-state index < -0.39 is 69.3 Å². The molecule has 0 unspecified atom stereocenters. The van der Waals surface area contributed by atoms with Gasteiger partial charge in [-0.05, 0) is 42.9 Å². The highest BCUT2D eigenvalue weighted by Crippen LogP contribution is 2.70. The summed E-state index contributed by atoms with van der Waals surface area (Å²) in [5.74, 6) is -4.18. The number of allylic oxidation sites excluding steroid dienone is 1. The van der Waals surface area contributed by atoms with Crippen molar-refractivity contribution in [3.63, 3.8) is 0 Å². The quantitative estimate of drug-likeness (QED) is 0.439. The van der Waals surface area contributed by atoms with Crippen molar-refractivity contribution in [3.8, 4) is 0 Å². The van der Waals surface area contributed by atoms with Gasteiger partial charge in [0.1, 0.15) is 11.6 Å². The number of aliphatic hydroxyl groups excluding tert-OH is 1. The summed E-state index contributed by atoms with van der Waals surface area (Å²) in [4.78, 5) is 80.4. The zero-order chi connectivity index (χ0) is 31.7. The van der Waals surface area contributed by atoms with Crippen molar-refractivity contribution >= 4 is 35.1 Å². The van der Waals surface area contributed by atoms with Crippen LogP contribution in [0.3, 0.4) is 0 Å². The number of hydrogen-bond acceptors (Lipinski definition) is 9. The maximum absolute atomic E-state index is 14.7. The summed E-state index contributed by atoms with van der Waals surface area (Å²) in [6, 6.07) is 0. The molecule has 4 aliphatic rings. The Bertz CT molecular complexity index is 1280. The number of carbonyl (C=O) groups excluding carboxylic acids is 6. The number of fused-ring (bicyclic) bond motifs is 4. The predicted molar refractivity (Wildman–Crippen MR) is 152 cm³/mol. The van der Waals surface area contributed by atoms with Gasteiger partial charge in [-0.15, -0.1) is 0 Å². The summed E-state index contributed by atoms with van der Waals surface area (Å²) in [5, 5.41) is 10.9. The number of ether oxygens (including phenoxy) is 2. The van der Waals surface area contributed by atoms with Crippen molar-refractivity contribution in [1.29, 1.82) is 0 Å². The Kier molecular flexibility index (Phi) is 8.05. The molecule has 42 heavy (non-hydrogen) atoms. The minimum atomic E-state index is -1.41. The molecule has 2 saturated carbocycles. The number of carbonyl (C=O) groups is 6. The lowest BCUT2D eigenvalue weighted by molar-refractivity contribution is -0.176. The van der Waals surface area contributed by atoms with Crippen molar-refractivity contribution in [2.75, 3.05) is 7.11 Å². The highest BCUT2D eigenvalue weighted by molar-refractivity contribution is 6.18. The molecule has 0 amide bonds. The van der Waals surface area contributed by atoms with Gasteiger partial charge in [-0.2, -0.15) is 0 Å². The monoisotopic (exact) mass is 586 g/mol. The van der Waals surface area contributed by atoms with E-state index in [1.807, 2.05) is 27.7 Å². The van der Waals surface area contributed by atoms with E-state index in [1.54, 1.807) is 20.8 Å². The van der Waals surface area contributed by atoms with E-state index in [0.717, 1.165) is 0 Å². The molecule has 0 heterocycles. The first kappa shape index (κ1) is 32.2. The summed E-state index contributed by atoms with van der Waals surface area (Å²) < 4.78 is 10.6. The number of esters is 2. The first-order valence-corrected chi connectivity index (χ1v) is 15.1. The van der Waals surface area contributed by atoms with Crippen molar-refractivity contribution in [2.24, 2.45) is 45.3 Å². The number of Topliss-reactive ketones (excluding diaryl/α,β-unsaturated/α-hetero) is 4. The van der Waals surface area contributed by atoms with Crippen LogP contribution in [-0.4, -0.2) is 59.5 Å². The van der Waals surface area contributed by atoms with Crippen LogP contribution in [0.1, 0.15) is 93.9 Å². The fourth-order valence-corrected chi connectivity index (χ4v) is 9.37. The number of rotatable bonds is 7. The van der Waals surface area contributed by atoms with Gasteiger partial charge in [-0.3, -0.25) is 28.8 Å². The van der Waals surface area contributed by atoms with Crippen LogP contribution in [0.4, 0.5) is 0 Å². The average molecular weight is 587 g/mol. The van der Waals surface area contributed by atoms with E-state index in [2.05, 4.69) is 0 Å². The van der Waals surface area contributed by atoms with Gasteiger partial charge in [0, 0.05) is 54.6 Å². The van der Waals surface area contributed by atoms with Crippen LogP contribution >= 0.6 is 0 Å². The van der Waals surface area contributed by atoms with Gasteiger partial charge in [0.15, 0.2) is 11.9 Å². The largest absolute Gasteiger partial charge is 0.469 e. The van der Waals surface area contributed by atoms with E-state index in [4.69, 9.17) is 9.47 Å². The Labute approximate surface area is 248 Å². The fraction of sp³-hybridized carbons (Fsp3) is 0.758. The lowest BCUT2D eigenvalue weighted by Crippen LogP contribution is -2.65. The number of methoxy groups -OCH3 is 1. The van der Waals surface area contributed by atoms with Gasteiger partial charge in [0.2, 0.25) is 5.78 Å². The third-order valence-electron chi connectivity index (χ3n) is 12.0. The second-order valence-electron chi connectivity index (χ2n) is 14.6. The molecule has 0 aromatic carbocycles. The molecule has 232 valence electrons.